The van der Waals surface area contributed by atoms with E-state index in [0.29, 0.717) is 11.1 Å². The van der Waals surface area contributed by atoms with E-state index < -0.39 is 29.6 Å². The number of carbonyl (C=O) groups excluding carboxylic acids is 3. The first-order valence-electron chi connectivity index (χ1n) is 8.57. The standard InChI is InChI=1S/C21H22O5/c1-3-25-20(23)17(15-11-7-5-8-12-15)18(21(24)26-4-2)19(22)16-13-9-6-10-14-16/h5-14,17-18H,3-4H2,1-2H3/t17-,18-/m1/s1. The molecule has 0 heterocycles. The van der Waals surface area contributed by atoms with E-state index in [1.165, 1.54) is 0 Å². The average molecular weight is 354 g/mol. The lowest BCUT2D eigenvalue weighted by Crippen LogP contribution is -2.36. The van der Waals surface area contributed by atoms with Crippen molar-refractivity contribution in [1.29, 1.82) is 0 Å². The van der Waals surface area contributed by atoms with Crippen LogP contribution in [0.5, 0.6) is 0 Å². The Bertz CT molecular complexity index is 740. The molecule has 0 aliphatic rings. The summed E-state index contributed by atoms with van der Waals surface area (Å²) < 4.78 is 10.3. The van der Waals surface area contributed by atoms with Gasteiger partial charge < -0.3 is 9.47 Å². The zero-order valence-electron chi connectivity index (χ0n) is 14.9. The van der Waals surface area contributed by atoms with Gasteiger partial charge >= 0.3 is 11.9 Å². The van der Waals surface area contributed by atoms with E-state index in [-0.39, 0.29) is 13.2 Å². The monoisotopic (exact) mass is 354 g/mol. The molecule has 136 valence electrons. The molecule has 0 aromatic heterocycles. The van der Waals surface area contributed by atoms with E-state index in [0.717, 1.165) is 0 Å². The largest absolute Gasteiger partial charge is 0.465 e. The smallest absolute Gasteiger partial charge is 0.318 e. The van der Waals surface area contributed by atoms with Crippen LogP contribution in [-0.4, -0.2) is 30.9 Å². The van der Waals surface area contributed by atoms with Crippen LogP contribution >= 0.6 is 0 Å². The minimum atomic E-state index is -1.31. The molecular formula is C21H22O5. The van der Waals surface area contributed by atoms with Crippen molar-refractivity contribution in [1.82, 2.24) is 0 Å². The second-order valence-corrected chi connectivity index (χ2v) is 5.60. The molecule has 5 nitrogen and oxygen atoms in total. The first-order valence-corrected chi connectivity index (χ1v) is 8.57. The number of esters is 2. The molecule has 2 aromatic rings. The highest BCUT2D eigenvalue weighted by Crippen LogP contribution is 2.30. The van der Waals surface area contributed by atoms with Gasteiger partial charge in [0.1, 0.15) is 11.8 Å². The van der Waals surface area contributed by atoms with Gasteiger partial charge in [0.25, 0.3) is 0 Å². The van der Waals surface area contributed by atoms with E-state index in [1.54, 1.807) is 74.5 Å². The second kappa shape index (κ2) is 9.51. The first kappa shape index (κ1) is 19.4. The van der Waals surface area contributed by atoms with Crippen molar-refractivity contribution in [3.05, 3.63) is 71.8 Å². The van der Waals surface area contributed by atoms with Gasteiger partial charge in [-0.05, 0) is 19.4 Å². The molecule has 2 rings (SSSR count). The number of benzene rings is 2. The van der Waals surface area contributed by atoms with Gasteiger partial charge in [0.15, 0.2) is 5.78 Å². The second-order valence-electron chi connectivity index (χ2n) is 5.60. The summed E-state index contributed by atoms with van der Waals surface area (Å²) in [6.45, 7) is 3.60. The van der Waals surface area contributed by atoms with E-state index in [9.17, 15) is 14.4 Å². The van der Waals surface area contributed by atoms with Crippen molar-refractivity contribution >= 4 is 17.7 Å². The van der Waals surface area contributed by atoms with E-state index in [2.05, 4.69) is 0 Å². The van der Waals surface area contributed by atoms with Gasteiger partial charge in [-0.15, -0.1) is 0 Å². The number of ether oxygens (including phenoxy) is 2. The first-order chi connectivity index (χ1) is 12.6. The Hall–Kier alpha value is -2.95. The summed E-state index contributed by atoms with van der Waals surface area (Å²) >= 11 is 0. The molecule has 2 atom stereocenters. The maximum absolute atomic E-state index is 13.1. The molecule has 0 spiro atoms. The van der Waals surface area contributed by atoms with Gasteiger partial charge in [-0.3, -0.25) is 14.4 Å². The maximum Gasteiger partial charge on any atom is 0.318 e. The zero-order valence-corrected chi connectivity index (χ0v) is 14.9. The average Bonchev–Trinajstić information content (AvgIpc) is 2.67. The fraction of sp³-hybridized carbons (Fsp3) is 0.286. The lowest BCUT2D eigenvalue weighted by atomic mass is 9.81. The number of hydrogen-bond acceptors (Lipinski definition) is 5. The summed E-state index contributed by atoms with van der Waals surface area (Å²) in [4.78, 5) is 38.4. The van der Waals surface area contributed by atoms with Crippen molar-refractivity contribution in [3.8, 4) is 0 Å². The molecule has 0 N–H and O–H groups in total. The molecule has 26 heavy (non-hydrogen) atoms. The Kier molecular flexibility index (Phi) is 7.09. The quantitative estimate of drug-likeness (QED) is 0.413. The molecule has 0 bridgehead atoms. The number of rotatable bonds is 8. The summed E-state index contributed by atoms with van der Waals surface area (Å²) in [5, 5.41) is 0. The molecule has 0 unspecified atom stereocenters. The molecule has 2 aromatic carbocycles. The van der Waals surface area contributed by atoms with Crippen LogP contribution in [0.4, 0.5) is 0 Å². The fourth-order valence-corrected chi connectivity index (χ4v) is 2.77. The van der Waals surface area contributed by atoms with Crippen LogP contribution in [-0.2, 0) is 19.1 Å². The van der Waals surface area contributed by atoms with Gasteiger partial charge in [0.2, 0.25) is 0 Å². The van der Waals surface area contributed by atoms with E-state index in [4.69, 9.17) is 9.47 Å². The summed E-state index contributed by atoms with van der Waals surface area (Å²) in [6.07, 6.45) is 0. The normalized spacial score (nSPS) is 12.7. The zero-order chi connectivity index (χ0) is 18.9. The molecule has 0 saturated heterocycles. The molecule has 5 heteroatoms. The van der Waals surface area contributed by atoms with Gasteiger partial charge in [0.05, 0.1) is 13.2 Å². The SMILES string of the molecule is CCOC(=O)[C@@H](C(=O)c1ccccc1)[C@H](C(=O)OCC)c1ccccc1. The molecule has 0 saturated carbocycles. The molecule has 0 radical (unpaired) electrons. The molecule has 0 aliphatic heterocycles. The Balaban J connectivity index is 2.52. The van der Waals surface area contributed by atoms with Crippen molar-refractivity contribution in [2.45, 2.75) is 19.8 Å². The number of hydrogen-bond donors (Lipinski definition) is 0. The van der Waals surface area contributed by atoms with Crippen LogP contribution < -0.4 is 0 Å². The van der Waals surface area contributed by atoms with Crippen molar-refractivity contribution in [3.63, 3.8) is 0 Å². The summed E-state index contributed by atoms with van der Waals surface area (Å²) in [5.41, 5.74) is 0.879. The molecule has 0 fully saturated rings. The molecule has 0 amide bonds. The third-order valence-electron chi connectivity index (χ3n) is 3.91. The van der Waals surface area contributed by atoms with Gasteiger partial charge in [-0.25, -0.2) is 0 Å². The van der Waals surface area contributed by atoms with Crippen LogP contribution in [0.25, 0.3) is 0 Å². The maximum atomic E-state index is 13.1. The Morgan fingerprint density at radius 2 is 1.27 bits per heavy atom. The van der Waals surface area contributed by atoms with E-state index >= 15 is 0 Å². The van der Waals surface area contributed by atoms with Crippen molar-refractivity contribution in [2.24, 2.45) is 5.92 Å². The minimum absolute atomic E-state index is 0.113. The van der Waals surface area contributed by atoms with Crippen LogP contribution in [0.2, 0.25) is 0 Å². The van der Waals surface area contributed by atoms with E-state index in [1.807, 2.05) is 0 Å². The van der Waals surface area contributed by atoms with Crippen LogP contribution in [0.3, 0.4) is 0 Å². The minimum Gasteiger partial charge on any atom is -0.465 e. The molecular weight excluding hydrogens is 332 g/mol. The van der Waals surface area contributed by atoms with Gasteiger partial charge in [-0.2, -0.15) is 0 Å². The Labute approximate surface area is 152 Å². The van der Waals surface area contributed by atoms with Crippen LogP contribution in [0.15, 0.2) is 60.7 Å². The number of Topliss-reactive ketones (excluding diaryl/α,β-unsaturated/α-hetero) is 1. The number of ketones is 1. The summed E-state index contributed by atoms with van der Waals surface area (Å²) in [6, 6.07) is 17.1. The highest BCUT2D eigenvalue weighted by atomic mass is 16.5. The third-order valence-corrected chi connectivity index (χ3v) is 3.91. The van der Waals surface area contributed by atoms with Gasteiger partial charge in [0, 0.05) is 5.56 Å². The fourth-order valence-electron chi connectivity index (χ4n) is 2.77. The topological polar surface area (TPSA) is 69.7 Å². The van der Waals surface area contributed by atoms with Crippen LogP contribution in [0, 0.1) is 5.92 Å². The molecule has 0 aliphatic carbocycles. The predicted octanol–water partition coefficient (Wildman–Crippen LogP) is 3.40. The lowest BCUT2D eigenvalue weighted by molar-refractivity contribution is -0.155. The van der Waals surface area contributed by atoms with Crippen molar-refractivity contribution < 1.29 is 23.9 Å². The third kappa shape index (κ3) is 4.57. The lowest BCUT2D eigenvalue weighted by Gasteiger charge is -2.23. The highest BCUT2D eigenvalue weighted by Gasteiger charge is 2.42. The Morgan fingerprint density at radius 1 is 0.769 bits per heavy atom. The van der Waals surface area contributed by atoms with Gasteiger partial charge in [-0.1, -0.05) is 60.7 Å². The Morgan fingerprint density at radius 3 is 1.81 bits per heavy atom. The highest BCUT2D eigenvalue weighted by molar-refractivity contribution is 6.12. The summed E-state index contributed by atoms with van der Waals surface area (Å²) in [5.74, 6) is -4.20. The number of carbonyl (C=O) groups is 3. The van der Waals surface area contributed by atoms with Crippen molar-refractivity contribution in [2.75, 3.05) is 13.2 Å². The van der Waals surface area contributed by atoms with Crippen LogP contribution in [0.1, 0.15) is 35.7 Å². The predicted molar refractivity (Wildman–Crippen MR) is 96.7 cm³/mol. The summed E-state index contributed by atoms with van der Waals surface area (Å²) in [7, 11) is 0.